The van der Waals surface area contributed by atoms with E-state index in [2.05, 4.69) is 31.0 Å². The Kier molecular flexibility index (Phi) is 3.76. The minimum Gasteiger partial charge on any atom is -0.338 e. The number of likely N-dealkylation sites (tertiary alicyclic amines) is 1. The lowest BCUT2D eigenvalue weighted by Gasteiger charge is -2.34. The second-order valence-corrected chi connectivity index (χ2v) is 6.01. The zero-order chi connectivity index (χ0) is 12.5. The average Bonchev–Trinajstić information content (AvgIpc) is 2.86. The molecule has 3 heteroatoms. The predicted octanol–water partition coefficient (Wildman–Crippen LogP) is 2.17. The molecule has 0 aromatic carbocycles. The maximum atomic E-state index is 12.8. The average molecular weight is 238 g/mol. The smallest absolute Gasteiger partial charge is 0.243 e. The van der Waals surface area contributed by atoms with Gasteiger partial charge in [-0.2, -0.15) is 0 Å². The molecular weight excluding hydrogens is 212 g/mol. The number of hydrogen-bond acceptors (Lipinski definition) is 2. The largest absolute Gasteiger partial charge is 0.338 e. The number of carbonyl (C=O) groups excluding carboxylic acids is 1. The van der Waals surface area contributed by atoms with E-state index in [0.29, 0.717) is 17.9 Å². The Hall–Kier alpha value is -0.570. The summed E-state index contributed by atoms with van der Waals surface area (Å²) in [6.07, 6.45) is 5.40. The van der Waals surface area contributed by atoms with E-state index in [9.17, 15) is 4.79 Å². The molecule has 0 spiro atoms. The van der Waals surface area contributed by atoms with Gasteiger partial charge in [0.05, 0.1) is 5.54 Å². The number of hydrogen-bond donors (Lipinski definition) is 1. The summed E-state index contributed by atoms with van der Waals surface area (Å²) >= 11 is 0. The summed E-state index contributed by atoms with van der Waals surface area (Å²) in [4.78, 5) is 14.9. The summed E-state index contributed by atoms with van der Waals surface area (Å²) in [6.45, 7) is 8.57. The van der Waals surface area contributed by atoms with E-state index in [1.54, 1.807) is 0 Å². The normalized spacial score (nSPS) is 37.7. The molecule has 2 saturated heterocycles. The van der Waals surface area contributed by atoms with E-state index >= 15 is 0 Å². The highest BCUT2D eigenvalue weighted by atomic mass is 16.2. The summed E-state index contributed by atoms with van der Waals surface area (Å²) in [5.41, 5.74) is -0.229. The lowest BCUT2D eigenvalue weighted by atomic mass is 9.90. The molecule has 0 radical (unpaired) electrons. The fourth-order valence-corrected chi connectivity index (χ4v) is 3.59. The van der Waals surface area contributed by atoms with E-state index in [4.69, 9.17) is 0 Å². The predicted molar refractivity (Wildman–Crippen MR) is 69.8 cm³/mol. The van der Waals surface area contributed by atoms with Crippen LogP contribution in [0.1, 0.15) is 52.9 Å². The van der Waals surface area contributed by atoms with E-state index < -0.39 is 0 Å². The lowest BCUT2D eigenvalue weighted by Crippen LogP contribution is -2.55. The molecule has 0 aromatic rings. The van der Waals surface area contributed by atoms with Crippen molar-refractivity contribution in [1.82, 2.24) is 10.2 Å². The molecular formula is C14H26N2O. The summed E-state index contributed by atoms with van der Waals surface area (Å²) in [6, 6.07) is 0.425. The second kappa shape index (κ2) is 4.97. The first-order valence-corrected chi connectivity index (χ1v) is 7.15. The maximum Gasteiger partial charge on any atom is 0.243 e. The first-order chi connectivity index (χ1) is 8.09. The van der Waals surface area contributed by atoms with Gasteiger partial charge >= 0.3 is 0 Å². The maximum absolute atomic E-state index is 12.8. The van der Waals surface area contributed by atoms with Crippen LogP contribution >= 0.6 is 0 Å². The molecule has 1 N–H and O–H groups in total. The highest BCUT2D eigenvalue weighted by Gasteiger charge is 2.45. The van der Waals surface area contributed by atoms with Crippen molar-refractivity contribution >= 4 is 5.91 Å². The van der Waals surface area contributed by atoms with Gasteiger partial charge in [0.25, 0.3) is 0 Å². The molecule has 2 heterocycles. The molecule has 2 fully saturated rings. The van der Waals surface area contributed by atoms with Crippen LogP contribution in [0.3, 0.4) is 0 Å². The van der Waals surface area contributed by atoms with E-state index in [1.165, 1.54) is 0 Å². The van der Waals surface area contributed by atoms with Gasteiger partial charge in [-0.05, 0) is 45.1 Å². The van der Waals surface area contributed by atoms with E-state index in [1.807, 2.05) is 0 Å². The monoisotopic (exact) mass is 238 g/mol. The SMILES string of the molecule is CCCC1(C(=O)N2CC(C)CC2C)CCCN1. The van der Waals surface area contributed by atoms with Crippen molar-refractivity contribution in [2.24, 2.45) is 5.92 Å². The molecule has 1 amide bonds. The van der Waals surface area contributed by atoms with Crippen molar-refractivity contribution in [3.05, 3.63) is 0 Å². The molecule has 0 aliphatic carbocycles. The Morgan fingerprint density at radius 1 is 1.47 bits per heavy atom. The van der Waals surface area contributed by atoms with Gasteiger partial charge in [-0.15, -0.1) is 0 Å². The quantitative estimate of drug-likeness (QED) is 0.817. The van der Waals surface area contributed by atoms with E-state index in [-0.39, 0.29) is 5.54 Å². The fraction of sp³-hybridized carbons (Fsp3) is 0.929. The Labute approximate surface area is 105 Å². The van der Waals surface area contributed by atoms with E-state index in [0.717, 1.165) is 45.2 Å². The Morgan fingerprint density at radius 2 is 2.24 bits per heavy atom. The number of carbonyl (C=O) groups is 1. The van der Waals surface area contributed by atoms with Crippen molar-refractivity contribution in [1.29, 1.82) is 0 Å². The summed E-state index contributed by atoms with van der Waals surface area (Å²) in [7, 11) is 0. The number of rotatable bonds is 3. The van der Waals surface area contributed by atoms with Gasteiger partial charge in [0.1, 0.15) is 0 Å². The van der Waals surface area contributed by atoms with Crippen molar-refractivity contribution < 1.29 is 4.79 Å². The minimum absolute atomic E-state index is 0.229. The van der Waals surface area contributed by atoms with Crippen LogP contribution in [0, 0.1) is 5.92 Å². The summed E-state index contributed by atoms with van der Waals surface area (Å²) in [5, 5.41) is 3.49. The molecule has 98 valence electrons. The Morgan fingerprint density at radius 3 is 2.71 bits per heavy atom. The van der Waals surface area contributed by atoms with Gasteiger partial charge in [-0.3, -0.25) is 4.79 Å². The van der Waals surface area contributed by atoms with Crippen LogP contribution in [0.4, 0.5) is 0 Å². The molecule has 2 aliphatic rings. The zero-order valence-corrected chi connectivity index (χ0v) is 11.5. The third kappa shape index (κ3) is 2.35. The van der Waals surface area contributed by atoms with Crippen LogP contribution in [-0.4, -0.2) is 35.5 Å². The fourth-order valence-electron chi connectivity index (χ4n) is 3.59. The van der Waals surface area contributed by atoms with Crippen molar-refractivity contribution in [2.45, 2.75) is 64.5 Å². The zero-order valence-electron chi connectivity index (χ0n) is 11.5. The molecule has 0 saturated carbocycles. The molecule has 0 aromatic heterocycles. The molecule has 3 unspecified atom stereocenters. The second-order valence-electron chi connectivity index (χ2n) is 6.01. The number of amides is 1. The summed E-state index contributed by atoms with van der Waals surface area (Å²) in [5.74, 6) is 1.03. The first-order valence-electron chi connectivity index (χ1n) is 7.15. The third-order valence-corrected chi connectivity index (χ3v) is 4.37. The molecule has 2 rings (SSSR count). The number of nitrogens with one attached hydrogen (secondary N) is 1. The van der Waals surface area contributed by atoms with Gasteiger partial charge in [0.2, 0.25) is 5.91 Å². The van der Waals surface area contributed by atoms with Gasteiger partial charge < -0.3 is 10.2 Å². The molecule has 17 heavy (non-hydrogen) atoms. The minimum atomic E-state index is -0.229. The highest BCUT2D eigenvalue weighted by molar-refractivity contribution is 5.87. The Balaban J connectivity index is 2.11. The van der Waals surface area contributed by atoms with Crippen LogP contribution in [0.15, 0.2) is 0 Å². The van der Waals surface area contributed by atoms with Gasteiger partial charge in [-0.1, -0.05) is 20.3 Å². The van der Waals surface area contributed by atoms with Crippen LogP contribution in [0.2, 0.25) is 0 Å². The lowest BCUT2D eigenvalue weighted by molar-refractivity contribution is -0.138. The topological polar surface area (TPSA) is 32.3 Å². The van der Waals surface area contributed by atoms with Crippen LogP contribution in [-0.2, 0) is 4.79 Å². The molecule has 0 bridgehead atoms. The van der Waals surface area contributed by atoms with Crippen molar-refractivity contribution in [3.63, 3.8) is 0 Å². The van der Waals surface area contributed by atoms with Crippen LogP contribution in [0.25, 0.3) is 0 Å². The first kappa shape index (κ1) is 12.9. The van der Waals surface area contributed by atoms with Gasteiger partial charge in [0.15, 0.2) is 0 Å². The van der Waals surface area contributed by atoms with Gasteiger partial charge in [-0.25, -0.2) is 0 Å². The third-order valence-electron chi connectivity index (χ3n) is 4.37. The Bertz CT molecular complexity index is 284. The van der Waals surface area contributed by atoms with Crippen LogP contribution < -0.4 is 5.32 Å². The number of nitrogens with zero attached hydrogens (tertiary/aromatic N) is 1. The summed E-state index contributed by atoms with van der Waals surface area (Å²) < 4.78 is 0. The van der Waals surface area contributed by atoms with Crippen LogP contribution in [0.5, 0.6) is 0 Å². The van der Waals surface area contributed by atoms with Gasteiger partial charge in [0, 0.05) is 12.6 Å². The van der Waals surface area contributed by atoms with Crippen molar-refractivity contribution in [2.75, 3.05) is 13.1 Å². The molecule has 2 aliphatic heterocycles. The molecule has 3 nitrogen and oxygen atoms in total. The standard InChI is InChI=1S/C14H26N2O/c1-4-6-14(7-5-8-15-14)13(17)16-10-11(2)9-12(16)3/h11-12,15H,4-10H2,1-3H3. The molecule has 3 atom stereocenters. The highest BCUT2D eigenvalue weighted by Crippen LogP contribution is 2.31. The van der Waals surface area contributed by atoms with Crippen molar-refractivity contribution in [3.8, 4) is 0 Å².